The molecule has 0 saturated carbocycles. The molecule has 2 rings (SSSR count). The monoisotopic (exact) mass is 654 g/mol. The third-order valence-electron chi connectivity index (χ3n) is 8.38. The van der Waals surface area contributed by atoms with Gasteiger partial charge in [0.2, 0.25) is 0 Å². The van der Waals surface area contributed by atoms with Crippen LogP contribution in [0.25, 0.3) is 0 Å². The van der Waals surface area contributed by atoms with E-state index in [1.807, 2.05) is 0 Å². The van der Waals surface area contributed by atoms with Crippen LogP contribution in [0.5, 0.6) is 0 Å². The number of para-hydroxylation sites is 2. The van der Waals surface area contributed by atoms with Crippen molar-refractivity contribution >= 4 is 22.8 Å². The van der Waals surface area contributed by atoms with Crippen LogP contribution < -0.4 is 0 Å². The van der Waals surface area contributed by atoms with E-state index in [1.54, 1.807) is 0 Å². The van der Waals surface area contributed by atoms with E-state index < -0.39 is 0 Å². The molecule has 0 aromatic heterocycles. The number of hydrogen-bond acceptors (Lipinski definition) is 2. The van der Waals surface area contributed by atoms with Crippen molar-refractivity contribution in [1.82, 2.24) is 0 Å². The molecule has 0 amide bonds. The van der Waals surface area contributed by atoms with Crippen LogP contribution in [0.4, 0.5) is 11.4 Å². The Kier molecular flexibility index (Phi) is 25.4. The average Bonchev–Trinajstić information content (AvgIpc) is 3.04. The van der Waals surface area contributed by atoms with Crippen molar-refractivity contribution in [2.45, 2.75) is 156 Å². The van der Waals surface area contributed by atoms with Crippen LogP contribution in [0.1, 0.15) is 154 Å². The maximum Gasteiger partial charge on any atom is 0.0665 e. The van der Waals surface area contributed by atoms with Crippen LogP contribution in [0.3, 0.4) is 0 Å². The van der Waals surface area contributed by atoms with Gasteiger partial charge >= 0.3 is 0 Å². The Balaban J connectivity index is 0.0000101. The first-order chi connectivity index (χ1) is 21.7. The van der Waals surface area contributed by atoms with Gasteiger partial charge in [0, 0.05) is 16.5 Å². The van der Waals surface area contributed by atoms with Crippen molar-refractivity contribution in [3.05, 3.63) is 84.0 Å². The number of nitrogens with zero attached hydrogens (tertiary/aromatic N) is 2. The molecule has 2 aromatic rings. The van der Waals surface area contributed by atoms with Crippen molar-refractivity contribution in [3.63, 3.8) is 0 Å². The van der Waals surface area contributed by atoms with Crippen LogP contribution in [-0.4, -0.2) is 11.4 Å². The predicted molar refractivity (Wildman–Crippen MR) is 199 cm³/mol. The van der Waals surface area contributed by atoms with E-state index >= 15 is 0 Å². The smallest absolute Gasteiger partial charge is 0.0665 e. The van der Waals surface area contributed by atoms with Crippen LogP contribution in [-0.2, 0) is 29.3 Å². The largest absolute Gasteiger partial charge is 0.252 e. The van der Waals surface area contributed by atoms with Gasteiger partial charge in [0.05, 0.1) is 22.8 Å². The molecule has 0 atom stereocenters. The minimum Gasteiger partial charge on any atom is -0.252 e. The van der Waals surface area contributed by atoms with Crippen molar-refractivity contribution in [3.8, 4) is 0 Å². The van der Waals surface area contributed by atoms with Gasteiger partial charge in [0.1, 0.15) is 0 Å². The van der Waals surface area contributed by atoms with E-state index in [2.05, 4.69) is 101 Å². The van der Waals surface area contributed by atoms with E-state index in [0.717, 1.165) is 74.2 Å². The Hall–Kier alpha value is -2.25. The minimum absolute atomic E-state index is 0. The van der Waals surface area contributed by atoms with Crippen molar-refractivity contribution in [2.75, 3.05) is 0 Å². The molecule has 0 radical (unpaired) electrons. The Morgan fingerprint density at radius 2 is 0.933 bits per heavy atom. The second-order valence-electron chi connectivity index (χ2n) is 12.4. The van der Waals surface area contributed by atoms with Gasteiger partial charge in [-0.2, -0.15) is 0 Å². The zero-order valence-corrected chi connectivity index (χ0v) is 30.3. The van der Waals surface area contributed by atoms with E-state index in [9.17, 15) is 0 Å². The summed E-state index contributed by atoms with van der Waals surface area (Å²) in [6.07, 6.45) is 34.0. The average molecular weight is 656 g/mol. The second kappa shape index (κ2) is 28.0. The number of aryl methyl sites for hydroxylation is 2. The zero-order valence-electron chi connectivity index (χ0n) is 29.3. The number of aliphatic imine (C=N–C) groups is 2. The van der Waals surface area contributed by atoms with E-state index in [0.29, 0.717) is 0 Å². The molecule has 0 aliphatic rings. The van der Waals surface area contributed by atoms with Crippen LogP contribution >= 0.6 is 0 Å². The van der Waals surface area contributed by atoms with Gasteiger partial charge in [-0.1, -0.05) is 133 Å². The fourth-order valence-electron chi connectivity index (χ4n) is 5.58. The van der Waals surface area contributed by atoms with Gasteiger partial charge in [-0.05, 0) is 107 Å². The molecule has 2 nitrogen and oxygen atoms in total. The van der Waals surface area contributed by atoms with Crippen molar-refractivity contribution < 1.29 is 16.5 Å². The van der Waals surface area contributed by atoms with E-state index in [4.69, 9.17) is 9.98 Å². The minimum atomic E-state index is 0. The summed E-state index contributed by atoms with van der Waals surface area (Å²) in [5, 5.41) is 0. The Morgan fingerprint density at radius 1 is 0.511 bits per heavy atom. The molecule has 0 saturated heterocycles. The zero-order chi connectivity index (χ0) is 31.5. The van der Waals surface area contributed by atoms with Gasteiger partial charge < -0.3 is 0 Å². The van der Waals surface area contributed by atoms with E-state index in [-0.39, 0.29) is 16.5 Å². The molecule has 0 unspecified atom stereocenters. The number of unbranched alkanes of at least 4 members (excludes halogenated alkanes) is 12. The molecule has 0 aliphatic carbocycles. The molecule has 0 aliphatic heterocycles. The standard InChI is InChI=1S/C42H64N2.Ni/c1-5-8-11-13-15-17-19-21-24-30-38-32-26-28-35-41(38)43-37(4)40(34-23-10-7-3)44-42-36-29-27-33-39(42)31-25-22-20-18-16-14-12-9-6-2;/h17-20,26-29,32-33,35-36H,5-16,21-25,30-31,34H2,1-4H3;. The van der Waals surface area contributed by atoms with Crippen molar-refractivity contribution in [1.29, 1.82) is 0 Å². The molecule has 252 valence electrons. The Morgan fingerprint density at radius 3 is 1.42 bits per heavy atom. The topological polar surface area (TPSA) is 24.7 Å². The number of benzene rings is 2. The summed E-state index contributed by atoms with van der Waals surface area (Å²) in [6.45, 7) is 8.98. The van der Waals surface area contributed by atoms with Gasteiger partial charge in [0.25, 0.3) is 0 Å². The van der Waals surface area contributed by atoms with Gasteiger partial charge in [0.15, 0.2) is 0 Å². The normalized spacial score (nSPS) is 12.4. The third-order valence-corrected chi connectivity index (χ3v) is 8.38. The fraction of sp³-hybridized carbons (Fsp3) is 0.571. The third kappa shape index (κ3) is 19.1. The van der Waals surface area contributed by atoms with Gasteiger partial charge in [-0.3, -0.25) is 9.98 Å². The van der Waals surface area contributed by atoms with Crippen LogP contribution in [0.15, 0.2) is 82.8 Å². The Bertz CT molecular complexity index is 1130. The molecular formula is C42H64N2Ni. The molecule has 0 spiro atoms. The predicted octanol–water partition coefficient (Wildman–Crippen LogP) is 13.8. The SMILES string of the molecule is CCCCCCC=CCCCc1ccccc1N=C(C)C(CCCCC)=Nc1ccccc1CCCC=CCCCCCC.[Ni]. The summed E-state index contributed by atoms with van der Waals surface area (Å²) in [6, 6.07) is 17.4. The summed E-state index contributed by atoms with van der Waals surface area (Å²) >= 11 is 0. The molecule has 45 heavy (non-hydrogen) atoms. The molecular weight excluding hydrogens is 591 g/mol. The maximum absolute atomic E-state index is 5.29. The van der Waals surface area contributed by atoms with Crippen LogP contribution in [0.2, 0.25) is 0 Å². The summed E-state index contributed by atoms with van der Waals surface area (Å²) in [5.41, 5.74) is 7.11. The molecule has 0 heterocycles. The van der Waals surface area contributed by atoms with Gasteiger partial charge in [-0.25, -0.2) is 0 Å². The first-order valence-electron chi connectivity index (χ1n) is 18.3. The summed E-state index contributed by atoms with van der Waals surface area (Å²) in [4.78, 5) is 10.5. The summed E-state index contributed by atoms with van der Waals surface area (Å²) < 4.78 is 0. The second-order valence-corrected chi connectivity index (χ2v) is 12.4. The van der Waals surface area contributed by atoms with E-state index in [1.165, 1.54) is 88.2 Å². The molecule has 2 aromatic carbocycles. The molecule has 0 N–H and O–H groups in total. The first kappa shape index (κ1) is 40.8. The Labute approximate surface area is 288 Å². The molecule has 0 bridgehead atoms. The maximum atomic E-state index is 5.29. The van der Waals surface area contributed by atoms with Crippen LogP contribution in [0, 0.1) is 0 Å². The summed E-state index contributed by atoms with van der Waals surface area (Å²) in [5.74, 6) is 0. The van der Waals surface area contributed by atoms with Gasteiger partial charge in [-0.15, -0.1) is 0 Å². The van der Waals surface area contributed by atoms with Crippen molar-refractivity contribution in [2.24, 2.45) is 9.98 Å². The quantitative estimate of drug-likeness (QED) is 0.0440. The molecule has 3 heteroatoms. The number of rotatable bonds is 25. The summed E-state index contributed by atoms with van der Waals surface area (Å²) in [7, 11) is 0. The number of hydrogen-bond donors (Lipinski definition) is 0. The molecule has 0 fully saturated rings. The fourth-order valence-corrected chi connectivity index (χ4v) is 5.58. The first-order valence-corrected chi connectivity index (χ1v) is 18.3. The number of allylic oxidation sites excluding steroid dienone is 4.